The van der Waals surface area contributed by atoms with E-state index in [2.05, 4.69) is 50.5 Å². The molecule has 1 aliphatic carbocycles. The first-order valence-corrected chi connectivity index (χ1v) is 7.85. The maximum absolute atomic E-state index is 4.76. The molecule has 0 saturated heterocycles. The van der Waals surface area contributed by atoms with E-state index in [1.165, 1.54) is 24.1 Å². The number of halogens is 1. The van der Waals surface area contributed by atoms with Gasteiger partial charge in [0.25, 0.3) is 0 Å². The number of aromatic nitrogens is 2. The molecule has 0 unspecified atom stereocenters. The normalized spacial score (nSPS) is 14.3. The van der Waals surface area contributed by atoms with Crippen LogP contribution in [0.4, 0.5) is 5.82 Å². The summed E-state index contributed by atoms with van der Waals surface area (Å²) in [6.45, 7) is 0. The fourth-order valence-corrected chi connectivity index (χ4v) is 3.02. The number of nitrogens with one attached hydrogen (secondary N) is 1. The van der Waals surface area contributed by atoms with Crippen LogP contribution in [0.15, 0.2) is 34.8 Å². The Balaban J connectivity index is 1.80. The van der Waals surface area contributed by atoms with Crippen LogP contribution in [0.3, 0.4) is 0 Å². The van der Waals surface area contributed by atoms with Crippen molar-refractivity contribution in [1.82, 2.24) is 9.97 Å². The van der Waals surface area contributed by atoms with Crippen LogP contribution in [0.25, 0.3) is 0 Å². The molecule has 0 spiro atoms. The van der Waals surface area contributed by atoms with Crippen molar-refractivity contribution >= 4 is 21.7 Å². The highest BCUT2D eigenvalue weighted by Crippen LogP contribution is 2.43. The molecular formula is C16H18BrN3. The quantitative estimate of drug-likeness (QED) is 0.901. The second-order valence-corrected chi connectivity index (χ2v) is 5.99. The van der Waals surface area contributed by atoms with Gasteiger partial charge in [-0.2, -0.15) is 0 Å². The molecule has 4 heteroatoms. The standard InChI is InChI=1S/C16H18BrN3/c1-18-16-14(17)15(12-8-9-12)19-13(20-16)10-7-11-5-3-2-4-6-11/h2-6,12H,7-10H2,1H3,(H,18,19,20). The Kier molecular flexibility index (Phi) is 4.01. The van der Waals surface area contributed by atoms with E-state index in [0.717, 1.165) is 29.0 Å². The summed E-state index contributed by atoms with van der Waals surface area (Å²) < 4.78 is 1.03. The Morgan fingerprint density at radius 3 is 2.55 bits per heavy atom. The van der Waals surface area contributed by atoms with Gasteiger partial charge in [-0.15, -0.1) is 0 Å². The van der Waals surface area contributed by atoms with Gasteiger partial charge in [0.2, 0.25) is 0 Å². The van der Waals surface area contributed by atoms with E-state index in [9.17, 15) is 0 Å². The molecule has 1 N–H and O–H groups in total. The lowest BCUT2D eigenvalue weighted by atomic mass is 10.1. The van der Waals surface area contributed by atoms with Crippen molar-refractivity contribution in [2.75, 3.05) is 12.4 Å². The van der Waals surface area contributed by atoms with E-state index in [0.29, 0.717) is 5.92 Å². The molecule has 1 fully saturated rings. The second-order valence-electron chi connectivity index (χ2n) is 5.20. The molecular weight excluding hydrogens is 314 g/mol. The lowest BCUT2D eigenvalue weighted by Crippen LogP contribution is -2.06. The summed E-state index contributed by atoms with van der Waals surface area (Å²) in [5.41, 5.74) is 2.51. The maximum Gasteiger partial charge on any atom is 0.144 e. The number of anilines is 1. The Morgan fingerprint density at radius 1 is 1.15 bits per heavy atom. The van der Waals surface area contributed by atoms with Crippen LogP contribution in [0.1, 0.15) is 35.8 Å². The molecule has 0 bridgehead atoms. The van der Waals surface area contributed by atoms with E-state index in [-0.39, 0.29) is 0 Å². The van der Waals surface area contributed by atoms with Crippen molar-refractivity contribution in [2.45, 2.75) is 31.6 Å². The van der Waals surface area contributed by atoms with E-state index in [1.54, 1.807) is 0 Å². The van der Waals surface area contributed by atoms with Gasteiger partial charge in [0.15, 0.2) is 0 Å². The van der Waals surface area contributed by atoms with E-state index in [4.69, 9.17) is 4.98 Å². The molecule has 1 aromatic heterocycles. The maximum atomic E-state index is 4.76. The van der Waals surface area contributed by atoms with Crippen LogP contribution < -0.4 is 5.32 Å². The molecule has 20 heavy (non-hydrogen) atoms. The fourth-order valence-electron chi connectivity index (χ4n) is 2.32. The lowest BCUT2D eigenvalue weighted by Gasteiger charge is -2.10. The van der Waals surface area contributed by atoms with Gasteiger partial charge in [-0.25, -0.2) is 9.97 Å². The summed E-state index contributed by atoms with van der Waals surface area (Å²) in [6, 6.07) is 10.5. The number of aryl methyl sites for hydroxylation is 2. The predicted molar refractivity (Wildman–Crippen MR) is 85.1 cm³/mol. The molecule has 0 amide bonds. The Morgan fingerprint density at radius 2 is 1.90 bits per heavy atom. The van der Waals surface area contributed by atoms with Gasteiger partial charge in [-0.05, 0) is 40.8 Å². The molecule has 1 aromatic carbocycles. The van der Waals surface area contributed by atoms with Crippen LogP contribution in [-0.4, -0.2) is 17.0 Å². The van der Waals surface area contributed by atoms with Crippen molar-refractivity contribution < 1.29 is 0 Å². The third-order valence-corrected chi connectivity index (χ3v) is 4.39. The highest BCUT2D eigenvalue weighted by Gasteiger charge is 2.29. The summed E-state index contributed by atoms with van der Waals surface area (Å²) in [5.74, 6) is 2.46. The highest BCUT2D eigenvalue weighted by atomic mass is 79.9. The Labute approximate surface area is 128 Å². The van der Waals surface area contributed by atoms with Gasteiger partial charge in [0.1, 0.15) is 11.6 Å². The number of nitrogens with zero attached hydrogens (tertiary/aromatic N) is 2. The molecule has 3 nitrogen and oxygen atoms in total. The summed E-state index contributed by atoms with van der Waals surface area (Å²) in [7, 11) is 1.91. The van der Waals surface area contributed by atoms with E-state index in [1.807, 2.05) is 13.1 Å². The first-order chi connectivity index (χ1) is 9.78. The van der Waals surface area contributed by atoms with Gasteiger partial charge in [-0.1, -0.05) is 30.3 Å². The smallest absolute Gasteiger partial charge is 0.144 e. The number of benzene rings is 1. The van der Waals surface area contributed by atoms with Gasteiger partial charge < -0.3 is 5.32 Å². The van der Waals surface area contributed by atoms with E-state index >= 15 is 0 Å². The first kappa shape index (κ1) is 13.6. The molecule has 1 heterocycles. The van der Waals surface area contributed by atoms with Crippen LogP contribution in [0, 0.1) is 0 Å². The van der Waals surface area contributed by atoms with Crippen LogP contribution in [0.5, 0.6) is 0 Å². The fraction of sp³-hybridized carbons (Fsp3) is 0.375. The molecule has 3 rings (SSSR count). The molecule has 0 atom stereocenters. The average molecular weight is 332 g/mol. The van der Waals surface area contributed by atoms with Crippen LogP contribution in [0.2, 0.25) is 0 Å². The van der Waals surface area contributed by atoms with Gasteiger partial charge in [0.05, 0.1) is 10.2 Å². The second kappa shape index (κ2) is 5.92. The van der Waals surface area contributed by atoms with Crippen molar-refractivity contribution in [3.05, 3.63) is 51.9 Å². The van der Waals surface area contributed by atoms with Crippen molar-refractivity contribution in [2.24, 2.45) is 0 Å². The van der Waals surface area contributed by atoms with E-state index < -0.39 is 0 Å². The highest BCUT2D eigenvalue weighted by molar-refractivity contribution is 9.10. The predicted octanol–water partition coefficient (Wildman–Crippen LogP) is 3.94. The first-order valence-electron chi connectivity index (χ1n) is 7.06. The van der Waals surface area contributed by atoms with Gasteiger partial charge in [-0.3, -0.25) is 0 Å². The van der Waals surface area contributed by atoms with Gasteiger partial charge in [0, 0.05) is 19.4 Å². The van der Waals surface area contributed by atoms with Crippen molar-refractivity contribution in [3.63, 3.8) is 0 Å². The summed E-state index contributed by atoms with van der Waals surface area (Å²) in [4.78, 5) is 9.37. The largest absolute Gasteiger partial charge is 0.372 e. The SMILES string of the molecule is CNc1nc(CCc2ccccc2)nc(C2CC2)c1Br. The minimum absolute atomic E-state index is 0.620. The molecule has 1 aliphatic rings. The van der Waals surface area contributed by atoms with Crippen LogP contribution in [-0.2, 0) is 12.8 Å². The number of hydrogen-bond donors (Lipinski definition) is 1. The monoisotopic (exact) mass is 331 g/mol. The summed E-state index contributed by atoms with van der Waals surface area (Å²) in [5, 5.41) is 3.16. The summed E-state index contributed by atoms with van der Waals surface area (Å²) >= 11 is 3.62. The minimum Gasteiger partial charge on any atom is -0.372 e. The molecule has 104 valence electrons. The molecule has 0 radical (unpaired) electrons. The third-order valence-electron chi connectivity index (χ3n) is 3.60. The zero-order chi connectivity index (χ0) is 13.9. The van der Waals surface area contributed by atoms with Crippen LogP contribution >= 0.6 is 15.9 Å². The third kappa shape index (κ3) is 3.01. The molecule has 0 aliphatic heterocycles. The molecule has 2 aromatic rings. The minimum atomic E-state index is 0.620. The summed E-state index contributed by atoms with van der Waals surface area (Å²) in [6.07, 6.45) is 4.36. The number of hydrogen-bond acceptors (Lipinski definition) is 3. The zero-order valence-corrected chi connectivity index (χ0v) is 13.2. The topological polar surface area (TPSA) is 37.8 Å². The Bertz CT molecular complexity index is 594. The lowest BCUT2D eigenvalue weighted by molar-refractivity contribution is 0.826. The Hall–Kier alpha value is -1.42. The zero-order valence-electron chi connectivity index (χ0n) is 11.6. The van der Waals surface area contributed by atoms with Gasteiger partial charge >= 0.3 is 0 Å². The van der Waals surface area contributed by atoms with Crippen molar-refractivity contribution in [1.29, 1.82) is 0 Å². The van der Waals surface area contributed by atoms with Crippen molar-refractivity contribution in [3.8, 4) is 0 Å². The molecule has 1 saturated carbocycles. The number of rotatable bonds is 5. The average Bonchev–Trinajstić information content (AvgIpc) is 3.32.